The Morgan fingerprint density at radius 1 is 1.07 bits per heavy atom. The molecule has 0 aliphatic heterocycles. The van der Waals surface area contributed by atoms with Gasteiger partial charge in [0, 0.05) is 22.5 Å². The maximum Gasteiger partial charge on any atom is 0.255 e. The number of aryl methyl sites for hydroxylation is 2. The van der Waals surface area contributed by atoms with Gasteiger partial charge in [-0.2, -0.15) is 4.68 Å². The Morgan fingerprint density at radius 2 is 1.93 bits per heavy atom. The SMILES string of the molecule is Cc1ccc(NC(=O)c2ccc(-n3nnc4cccnc43)c(C)c2)cc1Cl. The molecule has 2 aromatic carbocycles. The molecule has 0 radical (unpaired) electrons. The van der Waals surface area contributed by atoms with Gasteiger partial charge in [-0.3, -0.25) is 4.79 Å². The fraction of sp³-hybridized carbons (Fsp3) is 0.100. The average Bonchev–Trinajstić information content (AvgIpc) is 3.08. The van der Waals surface area contributed by atoms with Crippen molar-refractivity contribution in [3.63, 3.8) is 0 Å². The molecule has 2 aromatic heterocycles. The topological polar surface area (TPSA) is 72.7 Å². The second kappa shape index (κ2) is 6.81. The highest BCUT2D eigenvalue weighted by Gasteiger charge is 2.13. The zero-order chi connectivity index (χ0) is 19.0. The molecule has 0 aliphatic carbocycles. The normalized spacial score (nSPS) is 10.9. The summed E-state index contributed by atoms with van der Waals surface area (Å²) in [4.78, 5) is 16.9. The molecule has 0 aliphatic rings. The molecule has 6 nitrogen and oxygen atoms in total. The van der Waals surface area contributed by atoms with E-state index in [-0.39, 0.29) is 5.91 Å². The number of benzene rings is 2. The summed E-state index contributed by atoms with van der Waals surface area (Å²) in [5.74, 6) is -0.203. The van der Waals surface area contributed by atoms with Gasteiger partial charge in [0.05, 0.1) is 5.69 Å². The van der Waals surface area contributed by atoms with E-state index in [1.54, 1.807) is 23.0 Å². The van der Waals surface area contributed by atoms with Crippen LogP contribution in [-0.2, 0) is 0 Å². The van der Waals surface area contributed by atoms with Crippen molar-refractivity contribution in [3.05, 3.63) is 76.4 Å². The summed E-state index contributed by atoms with van der Waals surface area (Å²) in [7, 11) is 0. The molecule has 2 heterocycles. The van der Waals surface area contributed by atoms with Gasteiger partial charge in [-0.05, 0) is 67.4 Å². The standard InChI is InChI=1S/C20H16ClN5O/c1-12-5-7-15(11-16(12)21)23-20(27)14-6-8-18(13(2)10-14)26-19-17(24-25-26)4-3-9-22-19/h3-11H,1-2H3,(H,23,27). The molecule has 0 saturated heterocycles. The van der Waals surface area contributed by atoms with Gasteiger partial charge in [0.2, 0.25) is 0 Å². The van der Waals surface area contributed by atoms with E-state index in [0.29, 0.717) is 21.9 Å². The van der Waals surface area contributed by atoms with Crippen molar-refractivity contribution in [2.24, 2.45) is 0 Å². The highest BCUT2D eigenvalue weighted by molar-refractivity contribution is 6.31. The number of carbonyl (C=O) groups excluding carboxylic acids is 1. The van der Waals surface area contributed by atoms with Gasteiger partial charge in [-0.15, -0.1) is 5.10 Å². The maximum atomic E-state index is 12.6. The Balaban J connectivity index is 1.63. The second-order valence-electron chi connectivity index (χ2n) is 6.27. The zero-order valence-electron chi connectivity index (χ0n) is 14.8. The van der Waals surface area contributed by atoms with E-state index in [1.807, 2.05) is 50.2 Å². The monoisotopic (exact) mass is 377 g/mol. The third-order valence-corrected chi connectivity index (χ3v) is 4.73. The van der Waals surface area contributed by atoms with Gasteiger partial charge in [-0.1, -0.05) is 22.9 Å². The summed E-state index contributed by atoms with van der Waals surface area (Å²) in [6.45, 7) is 3.84. The van der Waals surface area contributed by atoms with Crippen LogP contribution in [0.15, 0.2) is 54.7 Å². The van der Waals surface area contributed by atoms with E-state index in [2.05, 4.69) is 20.6 Å². The van der Waals surface area contributed by atoms with Crippen molar-refractivity contribution in [1.29, 1.82) is 0 Å². The Hall–Kier alpha value is -3.25. The fourth-order valence-electron chi connectivity index (χ4n) is 2.84. The van der Waals surface area contributed by atoms with Gasteiger partial charge in [0.25, 0.3) is 5.91 Å². The first kappa shape index (κ1) is 17.2. The number of hydrogen-bond donors (Lipinski definition) is 1. The fourth-order valence-corrected chi connectivity index (χ4v) is 3.02. The number of nitrogens with zero attached hydrogens (tertiary/aromatic N) is 4. The Morgan fingerprint density at radius 3 is 2.70 bits per heavy atom. The van der Waals surface area contributed by atoms with E-state index in [4.69, 9.17) is 11.6 Å². The van der Waals surface area contributed by atoms with E-state index in [1.165, 1.54) is 0 Å². The van der Waals surface area contributed by atoms with Crippen LogP contribution < -0.4 is 5.32 Å². The number of carbonyl (C=O) groups is 1. The smallest absolute Gasteiger partial charge is 0.255 e. The van der Waals surface area contributed by atoms with Gasteiger partial charge < -0.3 is 5.32 Å². The lowest BCUT2D eigenvalue weighted by Crippen LogP contribution is -2.13. The minimum atomic E-state index is -0.203. The van der Waals surface area contributed by atoms with Crippen LogP contribution in [0, 0.1) is 13.8 Å². The molecule has 134 valence electrons. The molecule has 0 spiro atoms. The third kappa shape index (κ3) is 3.27. The van der Waals surface area contributed by atoms with Crippen LogP contribution in [0.1, 0.15) is 21.5 Å². The summed E-state index contributed by atoms with van der Waals surface area (Å²) >= 11 is 6.12. The van der Waals surface area contributed by atoms with Crippen LogP contribution in [0.2, 0.25) is 5.02 Å². The van der Waals surface area contributed by atoms with Gasteiger partial charge in [0.1, 0.15) is 5.52 Å². The highest BCUT2D eigenvalue weighted by Crippen LogP contribution is 2.22. The lowest BCUT2D eigenvalue weighted by atomic mass is 10.1. The quantitative estimate of drug-likeness (QED) is 0.576. The number of pyridine rings is 1. The highest BCUT2D eigenvalue weighted by atomic mass is 35.5. The molecule has 4 rings (SSSR count). The largest absolute Gasteiger partial charge is 0.322 e. The van der Waals surface area contributed by atoms with Crippen LogP contribution in [0.25, 0.3) is 16.9 Å². The van der Waals surface area contributed by atoms with Crippen molar-refractivity contribution < 1.29 is 4.79 Å². The number of rotatable bonds is 3. The van der Waals surface area contributed by atoms with Gasteiger partial charge >= 0.3 is 0 Å². The zero-order valence-corrected chi connectivity index (χ0v) is 15.5. The molecule has 1 amide bonds. The number of hydrogen-bond acceptors (Lipinski definition) is 4. The van der Waals surface area contributed by atoms with Gasteiger partial charge in [0.15, 0.2) is 5.65 Å². The number of amides is 1. The Kier molecular flexibility index (Phi) is 4.33. The first-order valence-electron chi connectivity index (χ1n) is 8.38. The number of halogens is 1. The number of nitrogens with one attached hydrogen (secondary N) is 1. The average molecular weight is 378 g/mol. The first-order chi connectivity index (χ1) is 13.0. The molecule has 27 heavy (non-hydrogen) atoms. The molecular weight excluding hydrogens is 362 g/mol. The Bertz CT molecular complexity index is 1170. The first-order valence-corrected chi connectivity index (χ1v) is 8.76. The minimum Gasteiger partial charge on any atom is -0.322 e. The van der Waals surface area contributed by atoms with Crippen LogP contribution in [0.4, 0.5) is 5.69 Å². The lowest BCUT2D eigenvalue weighted by Gasteiger charge is -2.10. The maximum absolute atomic E-state index is 12.6. The summed E-state index contributed by atoms with van der Waals surface area (Å²) in [6, 6.07) is 14.5. The summed E-state index contributed by atoms with van der Waals surface area (Å²) in [5.41, 5.74) is 5.27. The lowest BCUT2D eigenvalue weighted by molar-refractivity contribution is 0.102. The van der Waals surface area contributed by atoms with Crippen LogP contribution in [-0.4, -0.2) is 25.9 Å². The van der Waals surface area contributed by atoms with Crippen molar-refractivity contribution in [2.75, 3.05) is 5.32 Å². The van der Waals surface area contributed by atoms with Crippen molar-refractivity contribution in [1.82, 2.24) is 20.0 Å². The van der Waals surface area contributed by atoms with E-state index in [9.17, 15) is 4.79 Å². The predicted molar refractivity (Wildman–Crippen MR) is 106 cm³/mol. The molecule has 0 unspecified atom stereocenters. The molecule has 0 bridgehead atoms. The van der Waals surface area contributed by atoms with Crippen molar-refractivity contribution in [3.8, 4) is 5.69 Å². The second-order valence-corrected chi connectivity index (χ2v) is 6.67. The molecule has 7 heteroatoms. The summed E-state index contributed by atoms with van der Waals surface area (Å²) in [5, 5.41) is 11.8. The molecule has 0 fully saturated rings. The molecule has 0 atom stereocenters. The van der Waals surface area contributed by atoms with E-state index >= 15 is 0 Å². The van der Waals surface area contributed by atoms with Crippen molar-refractivity contribution >= 4 is 34.4 Å². The molecule has 1 N–H and O–H groups in total. The van der Waals surface area contributed by atoms with Gasteiger partial charge in [-0.25, -0.2) is 4.98 Å². The third-order valence-electron chi connectivity index (χ3n) is 4.33. The van der Waals surface area contributed by atoms with Crippen LogP contribution in [0.3, 0.4) is 0 Å². The molecule has 0 saturated carbocycles. The summed E-state index contributed by atoms with van der Waals surface area (Å²) in [6.07, 6.45) is 1.70. The molecular formula is C20H16ClN5O. The van der Waals surface area contributed by atoms with E-state index < -0.39 is 0 Å². The predicted octanol–water partition coefficient (Wildman–Crippen LogP) is 4.34. The van der Waals surface area contributed by atoms with Crippen LogP contribution in [0.5, 0.6) is 0 Å². The minimum absolute atomic E-state index is 0.203. The number of anilines is 1. The van der Waals surface area contributed by atoms with Crippen molar-refractivity contribution in [2.45, 2.75) is 13.8 Å². The molecule has 4 aromatic rings. The van der Waals surface area contributed by atoms with Crippen LogP contribution >= 0.6 is 11.6 Å². The number of fused-ring (bicyclic) bond motifs is 1. The number of aromatic nitrogens is 4. The Labute approximate surface area is 160 Å². The van der Waals surface area contributed by atoms with E-state index in [0.717, 1.165) is 22.3 Å². The summed E-state index contributed by atoms with van der Waals surface area (Å²) < 4.78 is 1.67.